The van der Waals surface area contributed by atoms with Crippen molar-refractivity contribution in [2.24, 2.45) is 0 Å². The molecule has 0 bridgehead atoms. The highest BCUT2D eigenvalue weighted by Gasteiger charge is 2.23. The Kier molecular flexibility index (Phi) is 8.20. The van der Waals surface area contributed by atoms with Gasteiger partial charge in [-0.05, 0) is 64.1 Å². The van der Waals surface area contributed by atoms with Gasteiger partial charge in [-0.25, -0.2) is 18.7 Å². The van der Waals surface area contributed by atoms with E-state index < -0.39 is 6.43 Å². The lowest BCUT2D eigenvalue weighted by atomic mass is 9.97. The van der Waals surface area contributed by atoms with Gasteiger partial charge < -0.3 is 19.9 Å². The molecule has 38 heavy (non-hydrogen) atoms. The molecule has 3 heterocycles. The summed E-state index contributed by atoms with van der Waals surface area (Å²) >= 11 is 0. The zero-order valence-corrected chi connectivity index (χ0v) is 22.7. The fourth-order valence-electron chi connectivity index (χ4n) is 4.81. The molecule has 10 heteroatoms. The maximum Gasteiger partial charge on any atom is 0.264 e. The molecule has 202 valence electrons. The van der Waals surface area contributed by atoms with Crippen LogP contribution in [-0.4, -0.2) is 71.5 Å². The molecule has 2 aromatic heterocycles. The smallest absolute Gasteiger partial charge is 0.264 e. The molecule has 0 saturated heterocycles. The van der Waals surface area contributed by atoms with Gasteiger partial charge in [0.15, 0.2) is 5.65 Å². The minimum absolute atomic E-state index is 0.0240. The summed E-state index contributed by atoms with van der Waals surface area (Å²) in [5, 5.41) is 4.10. The first kappa shape index (κ1) is 27.4. The van der Waals surface area contributed by atoms with Crippen LogP contribution < -0.4 is 10.1 Å². The van der Waals surface area contributed by atoms with E-state index in [1.807, 2.05) is 49.0 Å². The zero-order chi connectivity index (χ0) is 27.6. The minimum Gasteiger partial charge on any atom is -0.481 e. The number of pyridine rings is 1. The number of methoxy groups -OCH3 is 1. The Bertz CT molecular complexity index is 1380. The van der Waals surface area contributed by atoms with Crippen LogP contribution in [0.2, 0.25) is 0 Å². The van der Waals surface area contributed by atoms with Crippen molar-refractivity contribution < 1.29 is 18.3 Å². The molecular weight excluding hydrogens is 490 g/mol. The molecule has 4 rings (SSSR count). The summed E-state index contributed by atoms with van der Waals surface area (Å²) < 4.78 is 32.6. The highest BCUT2D eigenvalue weighted by atomic mass is 19.3. The zero-order valence-electron chi connectivity index (χ0n) is 22.7. The molecule has 0 fully saturated rings. The number of halogens is 2. The topological polar surface area (TPSA) is 83.5 Å². The van der Waals surface area contributed by atoms with Crippen molar-refractivity contribution in [1.29, 1.82) is 0 Å². The van der Waals surface area contributed by atoms with Gasteiger partial charge in [0.25, 0.3) is 6.43 Å². The van der Waals surface area contributed by atoms with Crippen molar-refractivity contribution in [1.82, 2.24) is 24.8 Å². The number of nitrogens with one attached hydrogen (secondary N) is 1. The number of alkyl halides is 2. The van der Waals surface area contributed by atoms with E-state index in [1.54, 1.807) is 27.0 Å². The fraction of sp³-hybridized carbons (Fsp3) is 0.429. The SMILES string of the molecule is COc1nc2nc(C)nc(N[C@H](C)c3cccc(C(F)F)c3C)c2cc1C1=CCN(C(=O)CN(C)C)CC1. The average Bonchev–Trinajstić information content (AvgIpc) is 2.87. The van der Waals surface area contributed by atoms with Crippen molar-refractivity contribution in [3.63, 3.8) is 0 Å². The Balaban J connectivity index is 1.70. The number of fused-ring (bicyclic) bond motifs is 1. The number of anilines is 1. The van der Waals surface area contributed by atoms with Gasteiger partial charge in [0.05, 0.1) is 25.1 Å². The van der Waals surface area contributed by atoms with Crippen LogP contribution >= 0.6 is 0 Å². The second kappa shape index (κ2) is 11.4. The molecule has 0 saturated carbocycles. The lowest BCUT2D eigenvalue weighted by Gasteiger charge is -2.28. The van der Waals surface area contributed by atoms with E-state index in [-0.39, 0.29) is 17.5 Å². The van der Waals surface area contributed by atoms with Crippen LogP contribution in [-0.2, 0) is 4.79 Å². The first-order valence-corrected chi connectivity index (χ1v) is 12.6. The third-order valence-electron chi connectivity index (χ3n) is 6.79. The van der Waals surface area contributed by atoms with Crippen LogP contribution in [0, 0.1) is 13.8 Å². The third kappa shape index (κ3) is 5.75. The Morgan fingerprint density at radius 1 is 1.18 bits per heavy atom. The Hall–Kier alpha value is -3.66. The largest absolute Gasteiger partial charge is 0.481 e. The van der Waals surface area contributed by atoms with Gasteiger partial charge in [-0.15, -0.1) is 0 Å². The summed E-state index contributed by atoms with van der Waals surface area (Å²) in [6.07, 6.45) is 0.155. The van der Waals surface area contributed by atoms with Crippen molar-refractivity contribution in [2.75, 3.05) is 46.2 Å². The van der Waals surface area contributed by atoms with E-state index in [9.17, 15) is 13.6 Å². The van der Waals surface area contributed by atoms with Crippen molar-refractivity contribution in [2.45, 2.75) is 39.7 Å². The number of amides is 1. The second-order valence-corrected chi connectivity index (χ2v) is 9.82. The monoisotopic (exact) mass is 524 g/mol. The lowest BCUT2D eigenvalue weighted by molar-refractivity contribution is -0.131. The van der Waals surface area contributed by atoms with Gasteiger partial charge in [0, 0.05) is 24.2 Å². The summed E-state index contributed by atoms with van der Waals surface area (Å²) in [6.45, 7) is 6.89. The number of hydrogen-bond donors (Lipinski definition) is 1. The Labute approximate surface area is 221 Å². The number of nitrogens with zero attached hydrogens (tertiary/aromatic N) is 5. The number of aryl methyl sites for hydroxylation is 1. The highest BCUT2D eigenvalue weighted by molar-refractivity contribution is 5.91. The molecule has 1 aliphatic rings. The second-order valence-electron chi connectivity index (χ2n) is 9.82. The maximum absolute atomic E-state index is 13.5. The number of aromatic nitrogens is 3. The molecule has 1 aliphatic heterocycles. The molecule has 1 amide bonds. The molecule has 1 atom stereocenters. The Morgan fingerprint density at radius 3 is 2.55 bits per heavy atom. The van der Waals surface area contributed by atoms with Gasteiger partial charge in [0.1, 0.15) is 11.6 Å². The summed E-state index contributed by atoms with van der Waals surface area (Å²) in [6, 6.07) is 6.62. The quantitative estimate of drug-likeness (QED) is 0.447. The maximum atomic E-state index is 13.5. The van der Waals surface area contributed by atoms with Gasteiger partial charge in [0.2, 0.25) is 11.8 Å². The molecule has 1 N–H and O–H groups in total. The van der Waals surface area contributed by atoms with Crippen LogP contribution in [0.5, 0.6) is 5.88 Å². The number of benzene rings is 1. The number of carbonyl (C=O) groups is 1. The summed E-state index contributed by atoms with van der Waals surface area (Å²) in [4.78, 5) is 30.0. The van der Waals surface area contributed by atoms with Crippen molar-refractivity contribution in [3.8, 4) is 5.88 Å². The average molecular weight is 525 g/mol. The van der Waals surface area contributed by atoms with E-state index in [0.29, 0.717) is 60.2 Å². The predicted octanol–water partition coefficient (Wildman–Crippen LogP) is 4.94. The summed E-state index contributed by atoms with van der Waals surface area (Å²) in [5.41, 5.74) is 3.68. The van der Waals surface area contributed by atoms with E-state index in [2.05, 4.69) is 20.3 Å². The van der Waals surface area contributed by atoms with E-state index >= 15 is 0 Å². The van der Waals surface area contributed by atoms with Gasteiger partial charge >= 0.3 is 0 Å². The molecule has 0 aliphatic carbocycles. The van der Waals surface area contributed by atoms with Crippen LogP contribution in [0.1, 0.15) is 53.9 Å². The normalized spacial score (nSPS) is 14.7. The standard InChI is InChI=1S/C28H34F2N6O2/c1-16-20(8-7-9-21(16)25(29)30)17(2)31-26-23-14-22(28(38-6)34-27(23)33-18(3)32-26)19-10-12-36(13-11-19)24(37)15-35(4)5/h7-10,14,17,25H,11-13,15H2,1-6H3,(H,31,32,33,34)/t17-/m1/s1. The van der Waals surface area contributed by atoms with Gasteiger partial charge in [-0.2, -0.15) is 4.98 Å². The fourth-order valence-corrected chi connectivity index (χ4v) is 4.81. The molecule has 1 aromatic carbocycles. The molecular formula is C28H34F2N6O2. The van der Waals surface area contributed by atoms with Gasteiger partial charge in [-0.1, -0.05) is 24.3 Å². The molecule has 0 radical (unpaired) electrons. The minimum atomic E-state index is -2.54. The predicted molar refractivity (Wildman–Crippen MR) is 145 cm³/mol. The summed E-state index contributed by atoms with van der Waals surface area (Å²) in [7, 11) is 5.33. The number of carbonyl (C=O) groups excluding carboxylic acids is 1. The highest BCUT2D eigenvalue weighted by Crippen LogP contribution is 2.35. The number of hydrogen-bond acceptors (Lipinski definition) is 7. The molecule has 0 unspecified atom stereocenters. The van der Waals surface area contributed by atoms with Crippen LogP contribution in [0.4, 0.5) is 14.6 Å². The number of ether oxygens (including phenoxy) is 1. The van der Waals surface area contributed by atoms with Crippen LogP contribution in [0.25, 0.3) is 16.6 Å². The molecule has 0 spiro atoms. The van der Waals surface area contributed by atoms with Gasteiger partial charge in [-0.3, -0.25) is 4.79 Å². The number of likely N-dealkylation sites (N-methyl/N-ethyl adjacent to an activating group) is 1. The summed E-state index contributed by atoms with van der Waals surface area (Å²) in [5.74, 6) is 1.63. The third-order valence-corrected chi connectivity index (χ3v) is 6.79. The molecule has 8 nitrogen and oxygen atoms in total. The van der Waals surface area contributed by atoms with Crippen molar-refractivity contribution in [3.05, 3.63) is 58.4 Å². The van der Waals surface area contributed by atoms with Crippen LogP contribution in [0.3, 0.4) is 0 Å². The van der Waals surface area contributed by atoms with E-state index in [0.717, 1.165) is 16.7 Å². The lowest BCUT2D eigenvalue weighted by Crippen LogP contribution is -2.40. The van der Waals surface area contributed by atoms with Crippen molar-refractivity contribution >= 4 is 28.3 Å². The Morgan fingerprint density at radius 2 is 1.92 bits per heavy atom. The van der Waals surface area contributed by atoms with E-state index in [4.69, 9.17) is 4.74 Å². The molecule has 3 aromatic rings. The first-order valence-electron chi connectivity index (χ1n) is 12.6. The van der Waals surface area contributed by atoms with E-state index in [1.165, 1.54) is 6.07 Å². The number of rotatable bonds is 8. The van der Waals surface area contributed by atoms with Crippen LogP contribution in [0.15, 0.2) is 30.3 Å². The first-order chi connectivity index (χ1) is 18.1.